The van der Waals surface area contributed by atoms with Crippen molar-refractivity contribution in [2.24, 2.45) is 0 Å². The SMILES string of the molecule is CC(C)c1ccc(N2c3cccc4c3B(c3ccc(-c5cccc(C(C)(C)C)c5)cc3N4c3ccc(C(C)(C)C)cc3-c3ccc4c5ccccc5c5ccccc5c4c3)c3sc4ccc(C(C)(C)C)cc4c32)cc1. The van der Waals surface area contributed by atoms with Gasteiger partial charge in [0, 0.05) is 43.2 Å². The van der Waals surface area contributed by atoms with Crippen molar-refractivity contribution < 1.29 is 0 Å². The molecular weight excluding hydrogens is 924 g/mol. The Morgan fingerprint density at radius 3 is 1.61 bits per heavy atom. The quantitative estimate of drug-likeness (QED) is 0.125. The van der Waals surface area contributed by atoms with Crippen LogP contribution >= 0.6 is 11.3 Å². The van der Waals surface area contributed by atoms with Gasteiger partial charge < -0.3 is 9.80 Å². The summed E-state index contributed by atoms with van der Waals surface area (Å²) in [4.78, 5) is 5.25. The zero-order valence-corrected chi connectivity index (χ0v) is 46.2. The molecule has 0 spiro atoms. The van der Waals surface area contributed by atoms with Crippen LogP contribution in [-0.2, 0) is 16.2 Å². The van der Waals surface area contributed by atoms with Gasteiger partial charge in [0.1, 0.15) is 0 Å². The van der Waals surface area contributed by atoms with Gasteiger partial charge in [-0.1, -0.05) is 204 Å². The predicted molar refractivity (Wildman–Crippen MR) is 329 cm³/mol. The lowest BCUT2D eigenvalue weighted by Crippen LogP contribution is -2.60. The van der Waals surface area contributed by atoms with Gasteiger partial charge in [0.25, 0.3) is 6.71 Å². The first-order valence-corrected chi connectivity index (χ1v) is 27.9. The van der Waals surface area contributed by atoms with E-state index in [9.17, 15) is 0 Å². The van der Waals surface area contributed by atoms with E-state index in [1.165, 1.54) is 137 Å². The minimum atomic E-state index is -0.0782. The number of hydrogen-bond acceptors (Lipinski definition) is 3. The molecule has 0 aliphatic carbocycles. The van der Waals surface area contributed by atoms with Gasteiger partial charge in [0.2, 0.25) is 0 Å². The Balaban J connectivity index is 1.12. The third kappa shape index (κ3) is 7.65. The first kappa shape index (κ1) is 47.3. The molecule has 0 N–H and O–H groups in total. The van der Waals surface area contributed by atoms with Crippen molar-refractivity contribution in [2.75, 3.05) is 9.80 Å². The van der Waals surface area contributed by atoms with E-state index < -0.39 is 0 Å². The van der Waals surface area contributed by atoms with E-state index in [4.69, 9.17) is 0 Å². The second-order valence-corrected chi connectivity index (χ2v) is 25.9. The first-order chi connectivity index (χ1) is 35.9. The topological polar surface area (TPSA) is 6.48 Å². The zero-order chi connectivity index (χ0) is 51.9. The maximum absolute atomic E-state index is 2.64. The third-order valence-corrected chi connectivity index (χ3v) is 17.7. The lowest BCUT2D eigenvalue weighted by molar-refractivity contribution is 0.590. The smallest absolute Gasteiger partial charge is 0.264 e. The van der Waals surface area contributed by atoms with Crippen LogP contribution in [0.5, 0.6) is 0 Å². The summed E-state index contributed by atoms with van der Waals surface area (Å²) in [5.41, 5.74) is 20.2. The largest absolute Gasteiger partial charge is 0.311 e. The van der Waals surface area contributed by atoms with Crippen LogP contribution in [0.1, 0.15) is 104 Å². The van der Waals surface area contributed by atoms with Gasteiger partial charge in [0.05, 0.1) is 11.4 Å². The fourth-order valence-corrected chi connectivity index (χ4v) is 13.6. The molecule has 2 aliphatic heterocycles. The molecule has 0 unspecified atom stereocenters. The Morgan fingerprint density at radius 1 is 0.400 bits per heavy atom. The molecular formula is C71H65BN2S. The van der Waals surface area contributed by atoms with E-state index in [-0.39, 0.29) is 23.0 Å². The van der Waals surface area contributed by atoms with Crippen molar-refractivity contribution in [3.8, 4) is 22.3 Å². The molecule has 4 heteroatoms. The summed E-state index contributed by atoms with van der Waals surface area (Å²) in [5.74, 6) is 0.437. The van der Waals surface area contributed by atoms with Crippen LogP contribution in [-0.4, -0.2) is 6.71 Å². The highest BCUT2D eigenvalue weighted by Gasteiger charge is 2.46. The summed E-state index contributed by atoms with van der Waals surface area (Å²) in [6.45, 7) is 25.6. The molecule has 1 aromatic heterocycles. The van der Waals surface area contributed by atoms with Gasteiger partial charge in [-0.15, -0.1) is 11.3 Å². The maximum Gasteiger partial charge on any atom is 0.264 e. The van der Waals surface area contributed by atoms with Crippen molar-refractivity contribution in [1.29, 1.82) is 0 Å². The van der Waals surface area contributed by atoms with Gasteiger partial charge in [-0.3, -0.25) is 0 Å². The second kappa shape index (κ2) is 17.1. The Kier molecular flexibility index (Phi) is 10.8. The minimum absolute atomic E-state index is 0.00268. The molecule has 13 rings (SSSR count). The molecule has 0 saturated carbocycles. The van der Waals surface area contributed by atoms with Crippen LogP contribution in [0.15, 0.2) is 188 Å². The van der Waals surface area contributed by atoms with Crippen LogP contribution in [0.3, 0.4) is 0 Å². The van der Waals surface area contributed by atoms with Gasteiger partial charge in [0.15, 0.2) is 0 Å². The van der Waals surface area contributed by atoms with Crippen LogP contribution in [0.25, 0.3) is 64.7 Å². The Labute approximate surface area is 448 Å². The molecule has 11 aromatic rings. The molecule has 0 bridgehead atoms. The number of hydrogen-bond donors (Lipinski definition) is 0. The van der Waals surface area contributed by atoms with Crippen LogP contribution in [0.4, 0.5) is 34.1 Å². The van der Waals surface area contributed by atoms with Gasteiger partial charge in [-0.25, -0.2) is 0 Å². The summed E-state index contributed by atoms with van der Waals surface area (Å²) in [6, 6.07) is 72.8. The van der Waals surface area contributed by atoms with Crippen LogP contribution in [0, 0.1) is 0 Å². The first-order valence-electron chi connectivity index (χ1n) is 27.1. The third-order valence-electron chi connectivity index (χ3n) is 16.5. The van der Waals surface area contributed by atoms with Crippen molar-refractivity contribution in [2.45, 2.75) is 98.3 Å². The lowest BCUT2D eigenvalue weighted by Gasteiger charge is -2.43. The summed E-state index contributed by atoms with van der Waals surface area (Å²) < 4.78 is 2.71. The van der Waals surface area contributed by atoms with Crippen LogP contribution in [0.2, 0.25) is 0 Å². The zero-order valence-electron chi connectivity index (χ0n) is 45.4. The molecule has 368 valence electrons. The van der Waals surface area contributed by atoms with Crippen molar-refractivity contribution in [3.05, 3.63) is 210 Å². The number of fused-ring (bicyclic) bond motifs is 12. The predicted octanol–water partition coefficient (Wildman–Crippen LogP) is 18.8. The number of rotatable bonds is 5. The Hall–Kier alpha value is -7.40. The Bertz CT molecular complexity index is 4080. The monoisotopic (exact) mass is 988 g/mol. The lowest BCUT2D eigenvalue weighted by atomic mass is 9.36. The molecule has 0 atom stereocenters. The molecule has 10 aromatic carbocycles. The number of nitrogens with zero attached hydrogens (tertiary/aromatic N) is 2. The molecule has 3 heterocycles. The normalized spacial score (nSPS) is 13.6. The highest BCUT2D eigenvalue weighted by molar-refractivity contribution is 7.33. The summed E-state index contributed by atoms with van der Waals surface area (Å²) >= 11 is 1.98. The fraction of sp³-hybridized carbons (Fsp3) is 0.211. The minimum Gasteiger partial charge on any atom is -0.311 e. The van der Waals surface area contributed by atoms with E-state index in [1.807, 2.05) is 11.3 Å². The molecule has 0 amide bonds. The van der Waals surface area contributed by atoms with E-state index in [0.717, 1.165) is 0 Å². The number of anilines is 6. The summed E-state index contributed by atoms with van der Waals surface area (Å²) in [5, 5.41) is 9.02. The highest BCUT2D eigenvalue weighted by Crippen LogP contribution is 2.51. The molecule has 0 saturated heterocycles. The fourth-order valence-electron chi connectivity index (χ4n) is 12.3. The van der Waals surface area contributed by atoms with Gasteiger partial charge in [-0.05, 0) is 165 Å². The molecule has 0 radical (unpaired) electrons. The highest BCUT2D eigenvalue weighted by atomic mass is 32.1. The van der Waals surface area contributed by atoms with Gasteiger partial charge >= 0.3 is 0 Å². The number of benzene rings is 10. The van der Waals surface area contributed by atoms with E-state index >= 15 is 0 Å². The average Bonchev–Trinajstić information content (AvgIpc) is 3.83. The van der Waals surface area contributed by atoms with Crippen molar-refractivity contribution in [1.82, 2.24) is 0 Å². The number of thiophene rings is 1. The van der Waals surface area contributed by atoms with E-state index in [2.05, 4.69) is 274 Å². The summed E-state index contributed by atoms with van der Waals surface area (Å²) in [6.07, 6.45) is 0. The average molecular weight is 989 g/mol. The Morgan fingerprint density at radius 2 is 0.960 bits per heavy atom. The standard InChI is InChI=1S/C71H65BN2S/c1-43(2)44-26-32-51(33-27-44)73-62-24-17-25-63-66(62)72(68-67(73)59-42-50(71(9,10)11)31-37-65(59)75-68)60-35-29-46(45-18-16-19-48(38-45)69(3,4)5)40-64(60)74(63)61-36-30-49(70(6,7)8)41-57(61)47-28-34-56-54-22-13-12-20-52(54)53-21-14-15-23-55(53)58(56)39-47/h12-43H,1-11H3. The van der Waals surface area contributed by atoms with Crippen molar-refractivity contribution in [3.63, 3.8) is 0 Å². The van der Waals surface area contributed by atoms with E-state index in [1.54, 1.807) is 0 Å². The molecule has 2 nitrogen and oxygen atoms in total. The molecule has 0 fully saturated rings. The molecule has 2 aliphatic rings. The van der Waals surface area contributed by atoms with Gasteiger partial charge in [-0.2, -0.15) is 0 Å². The van der Waals surface area contributed by atoms with E-state index in [0.29, 0.717) is 5.92 Å². The second-order valence-electron chi connectivity index (χ2n) is 24.8. The van der Waals surface area contributed by atoms with Crippen LogP contribution < -0.4 is 25.5 Å². The molecule has 75 heavy (non-hydrogen) atoms. The maximum atomic E-state index is 2.64. The summed E-state index contributed by atoms with van der Waals surface area (Å²) in [7, 11) is 0. The van der Waals surface area contributed by atoms with Crippen molar-refractivity contribution >= 4 is 110 Å².